The van der Waals surface area contributed by atoms with Crippen molar-refractivity contribution in [2.24, 2.45) is 0 Å². The Kier molecular flexibility index (Phi) is 6.04. The molecule has 1 unspecified atom stereocenters. The van der Waals surface area contributed by atoms with E-state index in [9.17, 15) is 9.59 Å². The Labute approximate surface area is 159 Å². The topological polar surface area (TPSA) is 58.6 Å². The molecule has 2 aromatic rings. The Balaban J connectivity index is 1.71. The first-order valence-electron chi connectivity index (χ1n) is 8.98. The average molecular weight is 364 g/mol. The van der Waals surface area contributed by atoms with E-state index in [-0.39, 0.29) is 24.3 Å². The Morgan fingerprint density at radius 3 is 2.52 bits per heavy atom. The summed E-state index contributed by atoms with van der Waals surface area (Å²) in [5, 5.41) is 2.98. The summed E-state index contributed by atoms with van der Waals surface area (Å²) in [6.45, 7) is 2.46. The van der Waals surface area contributed by atoms with Crippen molar-refractivity contribution in [2.45, 2.75) is 32.5 Å². The number of benzene rings is 2. The molecule has 0 aliphatic carbocycles. The van der Waals surface area contributed by atoms with E-state index in [1.165, 1.54) is 6.92 Å². The molecule has 1 aliphatic heterocycles. The maximum atomic E-state index is 12.6. The summed E-state index contributed by atoms with van der Waals surface area (Å²) in [6.07, 6.45) is 3.88. The minimum Gasteiger partial charge on any atom is -0.380 e. The van der Waals surface area contributed by atoms with Crippen molar-refractivity contribution in [2.75, 3.05) is 7.11 Å². The highest BCUT2D eigenvalue weighted by Crippen LogP contribution is 2.32. The van der Waals surface area contributed by atoms with Crippen LogP contribution in [0, 0.1) is 0 Å². The number of nitrogens with zero attached hydrogens (tertiary/aromatic N) is 1. The van der Waals surface area contributed by atoms with Crippen LogP contribution in [0.1, 0.15) is 41.6 Å². The Hall–Kier alpha value is -2.92. The van der Waals surface area contributed by atoms with E-state index in [0.29, 0.717) is 13.2 Å². The lowest BCUT2D eigenvalue weighted by Gasteiger charge is -2.32. The number of hydrogen-bond acceptors (Lipinski definition) is 3. The molecule has 27 heavy (non-hydrogen) atoms. The number of amides is 2. The summed E-state index contributed by atoms with van der Waals surface area (Å²) in [4.78, 5) is 26.3. The van der Waals surface area contributed by atoms with Gasteiger partial charge in [0.15, 0.2) is 0 Å². The number of ether oxygens (including phenoxy) is 1. The highest BCUT2D eigenvalue weighted by molar-refractivity contribution is 5.81. The second-order valence-electron chi connectivity index (χ2n) is 6.57. The Bertz CT molecular complexity index is 860. The third-order valence-corrected chi connectivity index (χ3v) is 4.74. The van der Waals surface area contributed by atoms with Crippen molar-refractivity contribution < 1.29 is 14.3 Å². The predicted octanol–water partition coefficient (Wildman–Crippen LogP) is 3.41. The largest absolute Gasteiger partial charge is 0.380 e. The molecule has 5 nitrogen and oxygen atoms in total. The molecule has 1 heterocycles. The fourth-order valence-corrected chi connectivity index (χ4v) is 3.38. The third-order valence-electron chi connectivity index (χ3n) is 4.74. The van der Waals surface area contributed by atoms with Crippen LogP contribution in [0.2, 0.25) is 0 Å². The maximum absolute atomic E-state index is 12.6. The zero-order chi connectivity index (χ0) is 19.2. The highest BCUT2D eigenvalue weighted by atomic mass is 16.5. The molecule has 5 heteroatoms. The van der Waals surface area contributed by atoms with Crippen molar-refractivity contribution in [3.8, 4) is 0 Å². The smallest absolute Gasteiger partial charge is 0.223 e. The van der Waals surface area contributed by atoms with E-state index in [4.69, 9.17) is 4.74 Å². The molecule has 3 rings (SSSR count). The molecular formula is C22H24N2O3. The molecular weight excluding hydrogens is 340 g/mol. The molecule has 1 aliphatic rings. The zero-order valence-corrected chi connectivity index (χ0v) is 15.6. The van der Waals surface area contributed by atoms with E-state index in [2.05, 4.69) is 5.32 Å². The molecule has 0 spiro atoms. The molecule has 0 radical (unpaired) electrons. The summed E-state index contributed by atoms with van der Waals surface area (Å²) in [5.41, 5.74) is 4.11. The van der Waals surface area contributed by atoms with Crippen LogP contribution < -0.4 is 5.32 Å². The summed E-state index contributed by atoms with van der Waals surface area (Å²) < 4.78 is 5.21. The maximum Gasteiger partial charge on any atom is 0.223 e. The van der Waals surface area contributed by atoms with Crippen molar-refractivity contribution in [1.82, 2.24) is 10.2 Å². The molecule has 0 aromatic heterocycles. The normalized spacial score (nSPS) is 15.3. The number of carbonyl (C=O) groups is 2. The first kappa shape index (κ1) is 18.9. The molecule has 2 amide bonds. The van der Waals surface area contributed by atoms with Gasteiger partial charge in [-0.1, -0.05) is 48.5 Å². The Morgan fingerprint density at radius 2 is 1.78 bits per heavy atom. The number of rotatable bonds is 6. The molecule has 1 atom stereocenters. The van der Waals surface area contributed by atoms with Crippen molar-refractivity contribution in [3.05, 3.63) is 77.0 Å². The van der Waals surface area contributed by atoms with Crippen LogP contribution in [0.15, 0.2) is 54.7 Å². The lowest BCUT2D eigenvalue weighted by molar-refractivity contribution is -0.130. The molecule has 0 saturated carbocycles. The van der Waals surface area contributed by atoms with Crippen LogP contribution in [0.25, 0.3) is 6.08 Å². The second kappa shape index (κ2) is 8.64. The van der Waals surface area contributed by atoms with E-state index < -0.39 is 0 Å². The van der Waals surface area contributed by atoms with E-state index in [1.54, 1.807) is 18.2 Å². The second-order valence-corrected chi connectivity index (χ2v) is 6.57. The van der Waals surface area contributed by atoms with Gasteiger partial charge in [-0.3, -0.25) is 9.59 Å². The van der Waals surface area contributed by atoms with Crippen LogP contribution in [-0.4, -0.2) is 23.8 Å². The van der Waals surface area contributed by atoms with Gasteiger partial charge in [-0.2, -0.15) is 0 Å². The minimum absolute atomic E-state index is 0.0796. The van der Waals surface area contributed by atoms with Crippen molar-refractivity contribution in [1.29, 1.82) is 0 Å². The van der Waals surface area contributed by atoms with Gasteiger partial charge < -0.3 is 15.0 Å². The number of carbonyl (C=O) groups excluding carboxylic acids is 2. The van der Waals surface area contributed by atoms with Crippen molar-refractivity contribution in [3.63, 3.8) is 0 Å². The number of nitrogens with one attached hydrogen (secondary N) is 1. The van der Waals surface area contributed by atoms with Gasteiger partial charge in [0.2, 0.25) is 11.8 Å². The molecule has 0 fully saturated rings. The van der Waals surface area contributed by atoms with Crippen LogP contribution in [0.4, 0.5) is 0 Å². The van der Waals surface area contributed by atoms with Crippen LogP contribution in [0.5, 0.6) is 0 Å². The van der Waals surface area contributed by atoms with Gasteiger partial charge in [-0.25, -0.2) is 0 Å². The Morgan fingerprint density at radius 1 is 1.07 bits per heavy atom. The van der Waals surface area contributed by atoms with Crippen molar-refractivity contribution >= 4 is 17.9 Å². The molecule has 1 N–H and O–H groups in total. The number of methoxy groups -OCH3 is 1. The fourth-order valence-electron chi connectivity index (χ4n) is 3.38. The predicted molar refractivity (Wildman–Crippen MR) is 104 cm³/mol. The van der Waals surface area contributed by atoms with Gasteiger partial charge in [-0.15, -0.1) is 0 Å². The number of hydrogen-bond donors (Lipinski definition) is 1. The van der Waals surface area contributed by atoms with Gasteiger partial charge in [0, 0.05) is 26.8 Å². The zero-order valence-electron chi connectivity index (χ0n) is 15.6. The summed E-state index contributed by atoms with van der Waals surface area (Å²) in [7, 11) is 1.65. The fraction of sp³-hybridized carbons (Fsp3) is 0.273. The first-order valence-corrected chi connectivity index (χ1v) is 8.98. The monoisotopic (exact) mass is 364 g/mol. The van der Waals surface area contributed by atoms with E-state index in [0.717, 1.165) is 22.3 Å². The summed E-state index contributed by atoms with van der Waals surface area (Å²) in [6, 6.07) is 15.4. The lowest BCUT2D eigenvalue weighted by atomic mass is 9.93. The quantitative estimate of drug-likeness (QED) is 0.854. The SMILES string of the molecule is COCc1ccccc1CNC(=O)CC1c2ccccc2C=CN1C(C)=O. The lowest BCUT2D eigenvalue weighted by Crippen LogP contribution is -2.35. The third kappa shape index (κ3) is 4.44. The van der Waals surface area contributed by atoms with Crippen LogP contribution >= 0.6 is 0 Å². The molecule has 140 valence electrons. The standard InChI is InChI=1S/C22H24N2O3/c1-16(25)24-12-11-17-7-5-6-10-20(17)21(24)13-22(26)23-14-18-8-3-4-9-19(18)15-27-2/h3-12,21H,13-15H2,1-2H3,(H,23,26). The summed E-state index contributed by atoms with van der Waals surface area (Å²) >= 11 is 0. The van der Waals surface area contributed by atoms with E-state index >= 15 is 0 Å². The first-order chi connectivity index (χ1) is 13.1. The summed E-state index contributed by atoms with van der Waals surface area (Å²) in [5.74, 6) is -0.174. The number of fused-ring (bicyclic) bond motifs is 1. The molecule has 2 aromatic carbocycles. The van der Waals surface area contributed by atoms with E-state index in [1.807, 2.05) is 54.6 Å². The van der Waals surface area contributed by atoms with Gasteiger partial charge in [0.05, 0.1) is 19.1 Å². The van der Waals surface area contributed by atoms with Gasteiger partial charge in [0.25, 0.3) is 0 Å². The average Bonchev–Trinajstić information content (AvgIpc) is 2.67. The molecule has 0 bridgehead atoms. The highest BCUT2D eigenvalue weighted by Gasteiger charge is 2.28. The van der Waals surface area contributed by atoms with Gasteiger partial charge in [0.1, 0.15) is 0 Å². The van der Waals surface area contributed by atoms with Crippen LogP contribution in [-0.2, 0) is 27.5 Å². The molecule has 0 saturated heterocycles. The minimum atomic E-state index is -0.294. The van der Waals surface area contributed by atoms with Crippen LogP contribution in [0.3, 0.4) is 0 Å². The van der Waals surface area contributed by atoms with Gasteiger partial charge >= 0.3 is 0 Å². The van der Waals surface area contributed by atoms with Gasteiger partial charge in [-0.05, 0) is 28.3 Å².